The molecular weight excluding hydrogens is 166 g/mol. The third-order valence-corrected chi connectivity index (χ3v) is 3.13. The molecule has 0 spiro atoms. The summed E-state index contributed by atoms with van der Waals surface area (Å²) in [5.74, 6) is 2.85. The van der Waals surface area contributed by atoms with E-state index < -0.39 is 5.60 Å². The predicted octanol–water partition coefficient (Wildman–Crippen LogP) is -0.563. The van der Waals surface area contributed by atoms with E-state index in [4.69, 9.17) is 11.5 Å². The summed E-state index contributed by atoms with van der Waals surface area (Å²) in [6.45, 7) is 1.70. The maximum atomic E-state index is 9.77. The fraction of sp³-hybridized carbons (Fsp3) is 0.800. The molecule has 3 heteroatoms. The number of hydrogen-bond acceptors (Lipinski definition) is 3. The average molecular weight is 181 g/mol. The standard InChI is InChI=1S/C10H15NO2/c1-2-10(13)3-4-11(7-10)9-5-8(9)6-12/h1,8-9,12-13H,3-7H2. The molecule has 1 saturated carbocycles. The van der Waals surface area contributed by atoms with Crippen LogP contribution in [-0.2, 0) is 0 Å². The van der Waals surface area contributed by atoms with Crippen LogP contribution in [0.3, 0.4) is 0 Å². The van der Waals surface area contributed by atoms with Gasteiger partial charge in [0.15, 0.2) is 0 Å². The molecule has 1 aliphatic carbocycles. The maximum absolute atomic E-state index is 9.77. The molecule has 2 fully saturated rings. The Morgan fingerprint density at radius 3 is 2.85 bits per heavy atom. The van der Waals surface area contributed by atoms with Crippen molar-refractivity contribution in [2.45, 2.75) is 24.5 Å². The number of aliphatic hydroxyl groups excluding tert-OH is 1. The maximum Gasteiger partial charge on any atom is 0.139 e. The van der Waals surface area contributed by atoms with Gasteiger partial charge in [-0.05, 0) is 12.3 Å². The van der Waals surface area contributed by atoms with Crippen molar-refractivity contribution in [3.63, 3.8) is 0 Å². The smallest absolute Gasteiger partial charge is 0.139 e. The Bertz CT molecular complexity index is 248. The second-order valence-corrected chi connectivity index (χ2v) is 4.14. The average Bonchev–Trinajstić information content (AvgIpc) is 2.83. The van der Waals surface area contributed by atoms with E-state index in [2.05, 4.69) is 10.8 Å². The van der Waals surface area contributed by atoms with Gasteiger partial charge in [-0.3, -0.25) is 4.90 Å². The number of β-amino-alcohol motifs (C(OH)–C–C–N with tert-alkyl or cyclic N) is 1. The third-order valence-electron chi connectivity index (χ3n) is 3.13. The SMILES string of the molecule is C#CC1(O)CCN(C2CC2CO)C1. The van der Waals surface area contributed by atoms with Crippen molar-refractivity contribution in [1.82, 2.24) is 4.90 Å². The normalized spacial score (nSPS) is 44.7. The lowest BCUT2D eigenvalue weighted by molar-refractivity contribution is 0.105. The Morgan fingerprint density at radius 2 is 2.38 bits per heavy atom. The molecule has 1 heterocycles. The van der Waals surface area contributed by atoms with Crippen molar-refractivity contribution in [3.05, 3.63) is 0 Å². The molecular formula is C10H15NO2. The summed E-state index contributed by atoms with van der Waals surface area (Å²) >= 11 is 0. The van der Waals surface area contributed by atoms with Gasteiger partial charge in [0.1, 0.15) is 5.60 Å². The number of aliphatic hydroxyl groups is 2. The van der Waals surface area contributed by atoms with Crippen molar-refractivity contribution in [2.24, 2.45) is 5.92 Å². The van der Waals surface area contributed by atoms with Crippen LogP contribution in [0.25, 0.3) is 0 Å². The lowest BCUT2D eigenvalue weighted by atomic mass is 10.1. The first kappa shape index (κ1) is 9.01. The number of rotatable bonds is 2. The highest BCUT2D eigenvalue weighted by Gasteiger charge is 2.46. The van der Waals surface area contributed by atoms with E-state index >= 15 is 0 Å². The molecule has 2 N–H and O–H groups in total. The molecule has 0 aromatic rings. The van der Waals surface area contributed by atoms with E-state index in [-0.39, 0.29) is 6.61 Å². The molecule has 3 nitrogen and oxygen atoms in total. The van der Waals surface area contributed by atoms with Gasteiger partial charge in [0.05, 0.1) is 0 Å². The van der Waals surface area contributed by atoms with Crippen molar-refractivity contribution in [2.75, 3.05) is 19.7 Å². The van der Waals surface area contributed by atoms with E-state index in [9.17, 15) is 5.11 Å². The largest absolute Gasteiger partial charge is 0.396 e. The van der Waals surface area contributed by atoms with E-state index in [1.807, 2.05) is 0 Å². The number of terminal acetylenes is 1. The van der Waals surface area contributed by atoms with E-state index in [1.54, 1.807) is 0 Å². The van der Waals surface area contributed by atoms with Gasteiger partial charge in [-0.1, -0.05) is 5.92 Å². The molecule has 13 heavy (non-hydrogen) atoms. The van der Waals surface area contributed by atoms with Gasteiger partial charge in [-0.15, -0.1) is 6.42 Å². The molecule has 3 atom stereocenters. The molecule has 2 aliphatic rings. The van der Waals surface area contributed by atoms with Crippen LogP contribution in [0.1, 0.15) is 12.8 Å². The first-order valence-electron chi connectivity index (χ1n) is 4.73. The lowest BCUT2D eigenvalue weighted by Gasteiger charge is -2.17. The number of nitrogens with zero attached hydrogens (tertiary/aromatic N) is 1. The molecule has 0 aromatic carbocycles. The fourth-order valence-electron chi connectivity index (χ4n) is 2.10. The molecule has 2 rings (SSSR count). The van der Waals surface area contributed by atoms with Gasteiger partial charge in [0.25, 0.3) is 0 Å². The summed E-state index contributed by atoms with van der Waals surface area (Å²) in [6, 6.07) is 0.465. The zero-order chi connectivity index (χ0) is 9.47. The molecule has 1 aliphatic heterocycles. The lowest BCUT2D eigenvalue weighted by Crippen LogP contribution is -2.33. The minimum Gasteiger partial charge on any atom is -0.396 e. The molecule has 1 saturated heterocycles. The second-order valence-electron chi connectivity index (χ2n) is 4.14. The Balaban J connectivity index is 1.90. The predicted molar refractivity (Wildman–Crippen MR) is 49.0 cm³/mol. The summed E-state index contributed by atoms with van der Waals surface area (Å²) in [6.07, 6.45) is 6.96. The van der Waals surface area contributed by atoms with Gasteiger partial charge in [0, 0.05) is 32.2 Å². The molecule has 0 amide bonds. The highest BCUT2D eigenvalue weighted by molar-refractivity contribution is 5.14. The van der Waals surface area contributed by atoms with E-state index in [1.165, 1.54) is 0 Å². The van der Waals surface area contributed by atoms with Crippen LogP contribution in [-0.4, -0.2) is 46.5 Å². The quantitative estimate of drug-likeness (QED) is 0.561. The fourth-order valence-corrected chi connectivity index (χ4v) is 2.10. The summed E-state index contributed by atoms with van der Waals surface area (Å²) in [5.41, 5.74) is -0.914. The molecule has 0 bridgehead atoms. The van der Waals surface area contributed by atoms with Gasteiger partial charge in [-0.2, -0.15) is 0 Å². The highest BCUT2D eigenvalue weighted by atomic mass is 16.3. The number of likely N-dealkylation sites (tertiary alicyclic amines) is 1. The minimum absolute atomic E-state index is 0.260. The van der Waals surface area contributed by atoms with Gasteiger partial charge >= 0.3 is 0 Å². The molecule has 72 valence electrons. The van der Waals surface area contributed by atoms with Crippen LogP contribution in [0.2, 0.25) is 0 Å². The van der Waals surface area contributed by atoms with Gasteiger partial charge in [-0.25, -0.2) is 0 Å². The zero-order valence-electron chi connectivity index (χ0n) is 7.61. The van der Waals surface area contributed by atoms with E-state index in [0.29, 0.717) is 24.9 Å². The number of hydrogen-bond donors (Lipinski definition) is 2. The first-order valence-corrected chi connectivity index (χ1v) is 4.73. The van der Waals surface area contributed by atoms with Crippen molar-refractivity contribution in [1.29, 1.82) is 0 Å². The van der Waals surface area contributed by atoms with Crippen molar-refractivity contribution >= 4 is 0 Å². The zero-order valence-corrected chi connectivity index (χ0v) is 7.61. The van der Waals surface area contributed by atoms with Crippen LogP contribution in [0.5, 0.6) is 0 Å². The highest BCUT2D eigenvalue weighted by Crippen LogP contribution is 2.38. The molecule has 0 aromatic heterocycles. The van der Waals surface area contributed by atoms with Gasteiger partial charge < -0.3 is 10.2 Å². The summed E-state index contributed by atoms with van der Waals surface area (Å²) in [5, 5.41) is 18.7. The topological polar surface area (TPSA) is 43.7 Å². The molecule has 0 radical (unpaired) electrons. The second kappa shape index (κ2) is 2.98. The third kappa shape index (κ3) is 1.58. The first-order chi connectivity index (χ1) is 6.18. The Labute approximate surface area is 78.4 Å². The van der Waals surface area contributed by atoms with Crippen molar-refractivity contribution in [3.8, 4) is 12.3 Å². The Kier molecular flexibility index (Phi) is 2.07. The summed E-state index contributed by atoms with van der Waals surface area (Å²) < 4.78 is 0. The van der Waals surface area contributed by atoms with Crippen LogP contribution in [0.4, 0.5) is 0 Å². The molecule has 3 unspecified atom stereocenters. The van der Waals surface area contributed by atoms with Crippen LogP contribution >= 0.6 is 0 Å². The van der Waals surface area contributed by atoms with Gasteiger partial charge in [0.2, 0.25) is 0 Å². The van der Waals surface area contributed by atoms with Crippen LogP contribution in [0.15, 0.2) is 0 Å². The van der Waals surface area contributed by atoms with E-state index in [0.717, 1.165) is 13.0 Å². The summed E-state index contributed by atoms with van der Waals surface area (Å²) in [7, 11) is 0. The Morgan fingerprint density at radius 1 is 1.62 bits per heavy atom. The van der Waals surface area contributed by atoms with Crippen LogP contribution < -0.4 is 0 Å². The minimum atomic E-state index is -0.914. The van der Waals surface area contributed by atoms with Crippen LogP contribution in [0, 0.1) is 18.3 Å². The van der Waals surface area contributed by atoms with Crippen molar-refractivity contribution < 1.29 is 10.2 Å². The Hall–Kier alpha value is -0.560. The monoisotopic (exact) mass is 181 g/mol. The summed E-state index contributed by atoms with van der Waals surface area (Å²) in [4.78, 5) is 2.20.